The molecule has 0 aliphatic carbocycles. The van der Waals surface area contributed by atoms with Crippen molar-refractivity contribution in [1.29, 1.82) is 0 Å². The largest absolute Gasteiger partial charge is 0.493 e. The van der Waals surface area contributed by atoms with Gasteiger partial charge >= 0.3 is 0 Å². The number of nitrogens with one attached hydrogen (secondary N) is 2. The van der Waals surface area contributed by atoms with Crippen LogP contribution in [0, 0.1) is 0 Å². The number of methoxy groups -OCH3 is 2. The predicted octanol–water partition coefficient (Wildman–Crippen LogP) is 1.72. The van der Waals surface area contributed by atoms with E-state index < -0.39 is 6.04 Å². The molecular weight excluding hydrogens is 429 g/mol. The molecule has 0 bridgehead atoms. The molecule has 168 valence electrons. The van der Waals surface area contributed by atoms with Gasteiger partial charge in [0.05, 0.1) is 20.4 Å². The fourth-order valence-corrected chi connectivity index (χ4v) is 3.61. The quantitative estimate of drug-likeness (QED) is 0.625. The molecule has 8 nitrogen and oxygen atoms in total. The van der Waals surface area contributed by atoms with Gasteiger partial charge in [-0.15, -0.1) is 24.8 Å². The number of hydrogen-bond donors (Lipinski definition) is 2. The van der Waals surface area contributed by atoms with Crippen LogP contribution in [-0.4, -0.2) is 61.5 Å². The summed E-state index contributed by atoms with van der Waals surface area (Å²) in [4.78, 5) is 14.9. The van der Waals surface area contributed by atoms with E-state index in [1.54, 1.807) is 32.1 Å². The normalized spacial score (nSPS) is 14.0. The van der Waals surface area contributed by atoms with Gasteiger partial charge in [-0.2, -0.15) is 5.10 Å². The van der Waals surface area contributed by atoms with E-state index in [0.717, 1.165) is 43.1 Å². The van der Waals surface area contributed by atoms with Crippen LogP contribution in [0.3, 0.4) is 0 Å². The Kier molecular flexibility index (Phi) is 10.4. The molecule has 10 heteroatoms. The Bertz CT molecular complexity index is 831. The number of rotatable bonds is 8. The Morgan fingerprint density at radius 1 is 1.20 bits per heavy atom. The number of aryl methyl sites for hydroxylation is 1. The SMILES string of the molecule is CNC(C(=O)NCCN1CCc2cc(OC)c(OC)cc2C1)c1cnn(C)c1.Cl.Cl. The van der Waals surface area contributed by atoms with Crippen molar-refractivity contribution in [3.05, 3.63) is 41.2 Å². The second-order valence-electron chi connectivity index (χ2n) is 6.96. The third-order valence-corrected chi connectivity index (χ3v) is 5.13. The Morgan fingerprint density at radius 3 is 2.43 bits per heavy atom. The minimum absolute atomic E-state index is 0. The number of carbonyl (C=O) groups excluding carboxylic acids is 1. The van der Waals surface area contributed by atoms with Crippen LogP contribution in [0.15, 0.2) is 24.5 Å². The minimum Gasteiger partial charge on any atom is -0.493 e. The average molecular weight is 460 g/mol. The highest BCUT2D eigenvalue weighted by Gasteiger charge is 2.22. The summed E-state index contributed by atoms with van der Waals surface area (Å²) in [7, 11) is 6.93. The lowest BCUT2D eigenvalue weighted by Gasteiger charge is -2.29. The molecule has 1 aliphatic heterocycles. The zero-order chi connectivity index (χ0) is 20.1. The van der Waals surface area contributed by atoms with Crippen LogP contribution >= 0.6 is 24.8 Å². The summed E-state index contributed by atoms with van der Waals surface area (Å²) >= 11 is 0. The third-order valence-electron chi connectivity index (χ3n) is 5.13. The van der Waals surface area contributed by atoms with Gasteiger partial charge in [-0.05, 0) is 36.7 Å². The number of ether oxygens (including phenoxy) is 2. The summed E-state index contributed by atoms with van der Waals surface area (Å²) in [6, 6.07) is 3.73. The first kappa shape index (κ1) is 26.0. The topological polar surface area (TPSA) is 80.7 Å². The summed E-state index contributed by atoms with van der Waals surface area (Å²) in [6.45, 7) is 3.18. The number of carbonyl (C=O) groups is 1. The Hall–Kier alpha value is -2.00. The first-order valence-corrected chi connectivity index (χ1v) is 9.45. The smallest absolute Gasteiger partial charge is 0.241 e. The molecule has 0 saturated carbocycles. The second-order valence-corrected chi connectivity index (χ2v) is 6.96. The molecule has 1 amide bonds. The average Bonchev–Trinajstić information content (AvgIpc) is 3.13. The van der Waals surface area contributed by atoms with E-state index in [1.807, 2.05) is 13.2 Å². The molecule has 1 aromatic carbocycles. The minimum atomic E-state index is -0.396. The van der Waals surface area contributed by atoms with Crippen molar-refractivity contribution in [3.8, 4) is 11.5 Å². The lowest BCUT2D eigenvalue weighted by molar-refractivity contribution is -0.123. The molecule has 2 aromatic rings. The fraction of sp³-hybridized carbons (Fsp3) is 0.500. The van der Waals surface area contributed by atoms with Gasteiger partial charge in [-0.3, -0.25) is 14.4 Å². The van der Waals surface area contributed by atoms with Gasteiger partial charge in [0, 0.05) is 45.0 Å². The molecule has 0 fully saturated rings. The lowest BCUT2D eigenvalue weighted by Crippen LogP contribution is -2.41. The molecule has 1 unspecified atom stereocenters. The molecule has 1 atom stereocenters. The van der Waals surface area contributed by atoms with Crippen LogP contribution in [0.4, 0.5) is 0 Å². The van der Waals surface area contributed by atoms with Crippen molar-refractivity contribution in [2.75, 3.05) is 40.9 Å². The van der Waals surface area contributed by atoms with Crippen LogP contribution in [0.5, 0.6) is 11.5 Å². The van der Waals surface area contributed by atoms with Crippen LogP contribution in [0.1, 0.15) is 22.7 Å². The summed E-state index contributed by atoms with van der Waals surface area (Å²) in [5.41, 5.74) is 3.40. The van der Waals surface area contributed by atoms with Crippen molar-refractivity contribution in [3.63, 3.8) is 0 Å². The van der Waals surface area contributed by atoms with E-state index >= 15 is 0 Å². The van der Waals surface area contributed by atoms with Gasteiger partial charge in [-0.1, -0.05) is 0 Å². The summed E-state index contributed by atoms with van der Waals surface area (Å²) in [6.07, 6.45) is 4.52. The summed E-state index contributed by atoms with van der Waals surface area (Å²) in [5, 5.41) is 10.2. The zero-order valence-corrected chi connectivity index (χ0v) is 19.4. The first-order chi connectivity index (χ1) is 13.5. The number of amides is 1. The Morgan fingerprint density at radius 2 is 1.87 bits per heavy atom. The van der Waals surface area contributed by atoms with E-state index in [9.17, 15) is 4.79 Å². The van der Waals surface area contributed by atoms with Gasteiger partial charge in [0.2, 0.25) is 5.91 Å². The molecule has 2 heterocycles. The van der Waals surface area contributed by atoms with Crippen molar-refractivity contribution in [1.82, 2.24) is 25.3 Å². The van der Waals surface area contributed by atoms with Gasteiger partial charge in [0.25, 0.3) is 0 Å². The predicted molar refractivity (Wildman–Crippen MR) is 121 cm³/mol. The zero-order valence-electron chi connectivity index (χ0n) is 17.8. The third kappa shape index (κ3) is 6.01. The van der Waals surface area contributed by atoms with E-state index in [2.05, 4.69) is 32.8 Å². The highest BCUT2D eigenvalue weighted by atomic mass is 35.5. The monoisotopic (exact) mass is 459 g/mol. The highest BCUT2D eigenvalue weighted by molar-refractivity contribution is 5.85. The van der Waals surface area contributed by atoms with Crippen LogP contribution in [-0.2, 0) is 24.8 Å². The molecule has 1 aliphatic rings. The molecule has 3 rings (SSSR count). The van der Waals surface area contributed by atoms with Gasteiger partial charge < -0.3 is 20.1 Å². The van der Waals surface area contributed by atoms with Crippen LogP contribution in [0.2, 0.25) is 0 Å². The molecular formula is C20H31Cl2N5O3. The first-order valence-electron chi connectivity index (χ1n) is 9.45. The van der Waals surface area contributed by atoms with Crippen molar-refractivity contribution in [2.45, 2.75) is 19.0 Å². The van der Waals surface area contributed by atoms with Crippen LogP contribution in [0.25, 0.3) is 0 Å². The number of likely N-dealkylation sites (N-methyl/N-ethyl adjacent to an activating group) is 1. The van der Waals surface area contributed by atoms with E-state index in [0.29, 0.717) is 6.54 Å². The molecule has 0 spiro atoms. The van der Waals surface area contributed by atoms with Gasteiger partial charge in [0.1, 0.15) is 6.04 Å². The Balaban J connectivity index is 0.00000225. The molecule has 0 radical (unpaired) electrons. The number of hydrogen-bond acceptors (Lipinski definition) is 6. The number of nitrogens with zero attached hydrogens (tertiary/aromatic N) is 3. The molecule has 1 aromatic heterocycles. The highest BCUT2D eigenvalue weighted by Crippen LogP contribution is 2.33. The van der Waals surface area contributed by atoms with Crippen molar-refractivity contribution in [2.24, 2.45) is 7.05 Å². The van der Waals surface area contributed by atoms with E-state index in [-0.39, 0.29) is 30.7 Å². The molecule has 30 heavy (non-hydrogen) atoms. The lowest BCUT2D eigenvalue weighted by atomic mass is 9.99. The summed E-state index contributed by atoms with van der Waals surface area (Å²) < 4.78 is 12.5. The van der Waals surface area contributed by atoms with E-state index in [1.165, 1.54) is 11.1 Å². The van der Waals surface area contributed by atoms with Crippen molar-refractivity contribution < 1.29 is 14.3 Å². The number of halogens is 2. The maximum Gasteiger partial charge on any atom is 0.241 e. The number of benzene rings is 1. The standard InChI is InChI=1S/C20H29N5O3.2ClH/c1-21-19(16-11-23-24(2)12-16)20(26)22-6-8-25-7-5-14-9-17(27-3)18(28-4)10-15(14)13-25;;/h9-12,19,21H,5-8,13H2,1-4H3,(H,22,26);2*1H. The maximum absolute atomic E-state index is 12.5. The summed E-state index contributed by atoms with van der Waals surface area (Å²) in [5.74, 6) is 1.49. The van der Waals surface area contributed by atoms with Gasteiger partial charge in [-0.25, -0.2) is 0 Å². The Labute approximate surface area is 190 Å². The van der Waals surface area contributed by atoms with Gasteiger partial charge in [0.15, 0.2) is 11.5 Å². The van der Waals surface area contributed by atoms with Crippen molar-refractivity contribution >= 4 is 30.7 Å². The van der Waals surface area contributed by atoms with Crippen LogP contribution < -0.4 is 20.1 Å². The maximum atomic E-state index is 12.5. The van der Waals surface area contributed by atoms with E-state index in [4.69, 9.17) is 9.47 Å². The number of aromatic nitrogens is 2. The second kappa shape index (κ2) is 12.0. The molecule has 2 N–H and O–H groups in total. The fourth-order valence-electron chi connectivity index (χ4n) is 3.61. The number of fused-ring (bicyclic) bond motifs is 1. The molecule has 0 saturated heterocycles.